The van der Waals surface area contributed by atoms with Gasteiger partial charge in [0.1, 0.15) is 5.60 Å². The molecule has 0 radical (unpaired) electrons. The number of rotatable bonds is 6. The van der Waals surface area contributed by atoms with Gasteiger partial charge in [-0.15, -0.1) is 0 Å². The normalized spacial score (nSPS) is 21.9. The summed E-state index contributed by atoms with van der Waals surface area (Å²) in [6.07, 6.45) is 0.396. The number of benzene rings is 2. The summed E-state index contributed by atoms with van der Waals surface area (Å²) < 4.78 is 16.8. The number of anilines is 6. The molecular weight excluding hydrogens is 522 g/mol. The molecule has 3 fully saturated rings. The summed E-state index contributed by atoms with van der Waals surface area (Å²) >= 11 is 0. The Labute approximate surface area is 243 Å². The summed E-state index contributed by atoms with van der Waals surface area (Å²) in [5.74, 6) is 0. The maximum absolute atomic E-state index is 13.1. The number of ether oxygens (including phenoxy) is 3. The first-order chi connectivity index (χ1) is 19.7. The Morgan fingerprint density at radius 1 is 0.805 bits per heavy atom. The van der Waals surface area contributed by atoms with E-state index in [0.717, 1.165) is 54.6 Å². The average Bonchev–Trinajstić information content (AvgIpc) is 2.96. The number of likely N-dealkylation sites (tertiary alicyclic amines) is 1. The highest BCUT2D eigenvalue weighted by atomic mass is 16.6. The maximum atomic E-state index is 13.1. The van der Waals surface area contributed by atoms with Crippen LogP contribution in [-0.2, 0) is 14.2 Å². The fraction of sp³-hybridized carbons (Fsp3) is 0.567. The lowest BCUT2D eigenvalue weighted by Crippen LogP contribution is -2.55. The highest BCUT2D eigenvalue weighted by Crippen LogP contribution is 2.35. The van der Waals surface area contributed by atoms with E-state index in [1.54, 1.807) is 4.90 Å². The summed E-state index contributed by atoms with van der Waals surface area (Å²) in [7, 11) is 0. The van der Waals surface area contributed by atoms with Crippen molar-refractivity contribution in [1.82, 2.24) is 4.90 Å². The van der Waals surface area contributed by atoms with Crippen LogP contribution in [0.1, 0.15) is 27.2 Å². The largest absolute Gasteiger partial charge is 0.444 e. The van der Waals surface area contributed by atoms with E-state index < -0.39 is 5.60 Å². The van der Waals surface area contributed by atoms with Crippen molar-refractivity contribution in [2.45, 2.75) is 44.9 Å². The molecule has 0 saturated carbocycles. The molecule has 2 atom stereocenters. The predicted molar refractivity (Wildman–Crippen MR) is 165 cm³/mol. The van der Waals surface area contributed by atoms with E-state index in [1.165, 1.54) is 0 Å². The van der Waals surface area contributed by atoms with Gasteiger partial charge in [-0.2, -0.15) is 0 Å². The van der Waals surface area contributed by atoms with Gasteiger partial charge in [0.25, 0.3) is 0 Å². The predicted octanol–water partition coefficient (Wildman–Crippen LogP) is 3.43. The van der Waals surface area contributed by atoms with E-state index in [9.17, 15) is 4.79 Å². The summed E-state index contributed by atoms with van der Waals surface area (Å²) in [4.78, 5) is 19.4. The minimum absolute atomic E-state index is 0.0117. The Bertz CT molecular complexity index is 1190. The number of morpholine rings is 2. The smallest absolute Gasteiger partial charge is 0.410 e. The molecule has 0 aliphatic carbocycles. The summed E-state index contributed by atoms with van der Waals surface area (Å²) in [5, 5.41) is 7.39. The number of amides is 1. The molecule has 3 aliphatic heterocycles. The molecule has 6 N–H and O–H groups in total. The van der Waals surface area contributed by atoms with Gasteiger partial charge in [0.2, 0.25) is 0 Å². The number of nitrogens with zero attached hydrogens (tertiary/aromatic N) is 3. The molecule has 0 aromatic heterocycles. The molecule has 3 aliphatic rings. The van der Waals surface area contributed by atoms with E-state index >= 15 is 0 Å². The molecule has 11 nitrogen and oxygen atoms in total. The highest BCUT2D eigenvalue weighted by Gasteiger charge is 2.34. The molecule has 0 spiro atoms. The van der Waals surface area contributed by atoms with Crippen LogP contribution in [-0.4, -0.2) is 94.4 Å². The van der Waals surface area contributed by atoms with Crippen LogP contribution in [0.4, 0.5) is 38.9 Å². The molecule has 5 rings (SSSR count). The van der Waals surface area contributed by atoms with Crippen molar-refractivity contribution in [1.29, 1.82) is 0 Å². The molecule has 3 heterocycles. The lowest BCUT2D eigenvalue weighted by molar-refractivity contribution is 0.0200. The van der Waals surface area contributed by atoms with Gasteiger partial charge in [-0.3, -0.25) is 0 Å². The van der Waals surface area contributed by atoms with Gasteiger partial charge >= 0.3 is 6.09 Å². The number of hydrogen-bond donors (Lipinski definition) is 4. The third kappa shape index (κ3) is 7.02. The van der Waals surface area contributed by atoms with Crippen LogP contribution in [0.25, 0.3) is 0 Å². The number of nitrogen functional groups attached to an aromatic ring is 2. The first-order valence-corrected chi connectivity index (χ1v) is 14.6. The third-order valence-electron chi connectivity index (χ3n) is 7.82. The molecule has 41 heavy (non-hydrogen) atoms. The zero-order chi connectivity index (χ0) is 29.0. The minimum atomic E-state index is -0.569. The second-order valence-corrected chi connectivity index (χ2v) is 11.9. The van der Waals surface area contributed by atoms with E-state index in [1.807, 2.05) is 51.1 Å². The Morgan fingerprint density at radius 3 is 1.78 bits per heavy atom. The maximum Gasteiger partial charge on any atom is 0.410 e. The van der Waals surface area contributed by atoms with E-state index in [2.05, 4.69) is 26.5 Å². The number of hydrogen-bond acceptors (Lipinski definition) is 10. The Hall–Kier alpha value is -3.57. The van der Waals surface area contributed by atoms with Crippen LogP contribution in [0.2, 0.25) is 0 Å². The Morgan fingerprint density at radius 2 is 1.29 bits per heavy atom. The number of carbonyl (C=O) groups excluding carboxylic acids is 1. The van der Waals surface area contributed by atoms with Crippen molar-refractivity contribution in [2.24, 2.45) is 0 Å². The zero-order valence-electron chi connectivity index (χ0n) is 24.5. The molecule has 2 aromatic carbocycles. The van der Waals surface area contributed by atoms with Crippen molar-refractivity contribution in [3.05, 3.63) is 36.4 Å². The summed E-state index contributed by atoms with van der Waals surface area (Å²) in [6.45, 7) is 12.6. The van der Waals surface area contributed by atoms with E-state index in [-0.39, 0.29) is 18.2 Å². The monoisotopic (exact) mass is 567 g/mol. The zero-order valence-corrected chi connectivity index (χ0v) is 24.5. The van der Waals surface area contributed by atoms with Crippen LogP contribution >= 0.6 is 0 Å². The summed E-state index contributed by atoms with van der Waals surface area (Å²) in [5.41, 5.74) is 18.0. The van der Waals surface area contributed by atoms with Gasteiger partial charge in [0.15, 0.2) is 0 Å². The fourth-order valence-corrected chi connectivity index (χ4v) is 5.68. The third-order valence-corrected chi connectivity index (χ3v) is 7.82. The second kappa shape index (κ2) is 12.5. The van der Waals surface area contributed by atoms with Crippen molar-refractivity contribution < 1.29 is 19.0 Å². The number of carbonyl (C=O) groups is 1. The van der Waals surface area contributed by atoms with Crippen LogP contribution in [0.15, 0.2) is 36.4 Å². The van der Waals surface area contributed by atoms with Gasteiger partial charge in [-0.25, -0.2) is 4.79 Å². The van der Waals surface area contributed by atoms with Crippen molar-refractivity contribution in [2.75, 3.05) is 97.6 Å². The SMILES string of the molecule is CC(C)(C)OC(=O)N1CCC(Nc2cccc(N3CCOCC3)c2N)C(Nc2cccc(N3CCOCC3)c2N)C1. The van der Waals surface area contributed by atoms with Gasteiger partial charge in [-0.05, 0) is 51.5 Å². The van der Waals surface area contributed by atoms with Crippen LogP contribution in [0, 0.1) is 0 Å². The van der Waals surface area contributed by atoms with Gasteiger partial charge in [-0.1, -0.05) is 12.1 Å². The van der Waals surface area contributed by atoms with Crippen LogP contribution < -0.4 is 31.9 Å². The quantitative estimate of drug-likeness (QED) is 0.385. The number of nitrogens with one attached hydrogen (secondary N) is 2. The van der Waals surface area contributed by atoms with Crippen molar-refractivity contribution in [3.8, 4) is 0 Å². The number of piperidine rings is 1. The van der Waals surface area contributed by atoms with E-state index in [0.29, 0.717) is 51.6 Å². The molecule has 1 amide bonds. The summed E-state index contributed by atoms with van der Waals surface area (Å²) in [6, 6.07) is 12.0. The van der Waals surface area contributed by atoms with Gasteiger partial charge in [0, 0.05) is 45.3 Å². The van der Waals surface area contributed by atoms with E-state index in [4.69, 9.17) is 25.7 Å². The second-order valence-electron chi connectivity index (χ2n) is 11.9. The molecule has 224 valence electrons. The number of para-hydroxylation sites is 2. The Kier molecular flexibility index (Phi) is 8.84. The van der Waals surface area contributed by atoms with Crippen LogP contribution in [0.3, 0.4) is 0 Å². The molecule has 2 aromatic rings. The average molecular weight is 568 g/mol. The molecule has 0 bridgehead atoms. The lowest BCUT2D eigenvalue weighted by atomic mass is 9.97. The first-order valence-electron chi connectivity index (χ1n) is 14.6. The van der Waals surface area contributed by atoms with Crippen LogP contribution in [0.5, 0.6) is 0 Å². The van der Waals surface area contributed by atoms with Crippen molar-refractivity contribution in [3.63, 3.8) is 0 Å². The lowest BCUT2D eigenvalue weighted by Gasteiger charge is -2.41. The van der Waals surface area contributed by atoms with Gasteiger partial charge < -0.3 is 51.0 Å². The molecule has 2 unspecified atom stereocenters. The minimum Gasteiger partial charge on any atom is -0.444 e. The van der Waals surface area contributed by atoms with Crippen molar-refractivity contribution >= 4 is 40.2 Å². The Balaban J connectivity index is 1.39. The molecular formula is C30H45N7O4. The highest BCUT2D eigenvalue weighted by molar-refractivity contribution is 5.83. The molecule has 3 saturated heterocycles. The standard InChI is InChI=1S/C30H45N7O4/c1-30(2,3)41-29(38)37-11-10-21(33-22-6-4-8-25(27(22)31)35-12-16-39-17-13-35)24(20-37)34-23-7-5-9-26(28(23)32)36-14-18-40-19-15-36/h4-9,21,24,33-34H,10-20,31-32H2,1-3H3. The number of nitrogens with two attached hydrogens (primary N) is 2. The molecule has 11 heteroatoms. The fourth-order valence-electron chi connectivity index (χ4n) is 5.68. The topological polar surface area (TPSA) is 131 Å². The first kappa shape index (κ1) is 28.9. The van der Waals surface area contributed by atoms with Gasteiger partial charge in [0.05, 0.1) is 66.6 Å².